The molecule has 0 atom stereocenters. The minimum absolute atomic E-state index is 0.540. The number of ether oxygens (including phenoxy) is 1. The Hall–Kier alpha value is -2.22. The van der Waals surface area contributed by atoms with Crippen molar-refractivity contribution in [2.24, 2.45) is 0 Å². The number of hydrogen-bond donors (Lipinski definition) is 1. The Balaban J connectivity index is 2.46. The third-order valence-electron chi connectivity index (χ3n) is 3.67. The van der Waals surface area contributed by atoms with Crippen molar-refractivity contribution in [3.8, 4) is 5.75 Å². The lowest BCUT2D eigenvalue weighted by molar-refractivity contribution is 0.360. The van der Waals surface area contributed by atoms with Gasteiger partial charge in [-0.25, -0.2) is 0 Å². The van der Waals surface area contributed by atoms with Crippen LogP contribution in [0, 0.1) is 6.92 Å². The standard InChI is InChI=1S/C19H23NO/c1-5-15(6-2)13-21-19-12-18(20-7-3)14(4)16-10-8-9-11-17(16)19/h5-6,8-12,20H,1,7,13H2,2-4H3. The monoisotopic (exact) mass is 281 g/mol. The Morgan fingerprint density at radius 1 is 1.29 bits per heavy atom. The first kappa shape index (κ1) is 15.2. The minimum atomic E-state index is 0.540. The zero-order valence-corrected chi connectivity index (χ0v) is 13.1. The lowest BCUT2D eigenvalue weighted by Crippen LogP contribution is -2.03. The maximum Gasteiger partial charge on any atom is 0.129 e. The third-order valence-corrected chi connectivity index (χ3v) is 3.67. The van der Waals surface area contributed by atoms with E-state index in [2.05, 4.69) is 50.0 Å². The van der Waals surface area contributed by atoms with E-state index in [1.54, 1.807) is 0 Å². The van der Waals surface area contributed by atoms with E-state index in [1.807, 2.05) is 25.1 Å². The van der Waals surface area contributed by atoms with Crippen LogP contribution in [0.4, 0.5) is 5.69 Å². The van der Waals surface area contributed by atoms with E-state index in [0.717, 1.165) is 28.9 Å². The molecule has 0 saturated carbocycles. The minimum Gasteiger partial charge on any atom is -0.488 e. The fraction of sp³-hybridized carbons (Fsp3) is 0.263. The molecule has 0 unspecified atom stereocenters. The lowest BCUT2D eigenvalue weighted by atomic mass is 10.0. The molecule has 1 N–H and O–H groups in total. The molecule has 0 aliphatic carbocycles. The number of benzene rings is 2. The van der Waals surface area contributed by atoms with Crippen LogP contribution < -0.4 is 10.1 Å². The molecule has 2 rings (SSSR count). The van der Waals surface area contributed by atoms with Crippen LogP contribution in [0.15, 0.2) is 54.6 Å². The average Bonchev–Trinajstić information content (AvgIpc) is 2.52. The summed E-state index contributed by atoms with van der Waals surface area (Å²) in [5.74, 6) is 0.911. The summed E-state index contributed by atoms with van der Waals surface area (Å²) < 4.78 is 6.03. The van der Waals surface area contributed by atoms with Gasteiger partial charge in [0.05, 0.1) is 0 Å². The molecule has 0 aliphatic heterocycles. The molecule has 110 valence electrons. The summed E-state index contributed by atoms with van der Waals surface area (Å²) in [6, 6.07) is 10.5. The lowest BCUT2D eigenvalue weighted by Gasteiger charge is -2.16. The summed E-state index contributed by atoms with van der Waals surface area (Å²) in [5.41, 5.74) is 3.48. The van der Waals surface area contributed by atoms with Crippen LogP contribution in [0.1, 0.15) is 19.4 Å². The zero-order chi connectivity index (χ0) is 15.2. The van der Waals surface area contributed by atoms with Crippen molar-refractivity contribution < 1.29 is 4.74 Å². The predicted octanol–water partition coefficient (Wildman–Crippen LogP) is 5.09. The molecule has 0 amide bonds. The molecular formula is C19H23NO. The number of fused-ring (bicyclic) bond motifs is 1. The van der Waals surface area contributed by atoms with Crippen LogP contribution in [-0.2, 0) is 0 Å². The van der Waals surface area contributed by atoms with Crippen LogP contribution in [0.5, 0.6) is 5.75 Å². The Morgan fingerprint density at radius 2 is 2.00 bits per heavy atom. The maximum absolute atomic E-state index is 6.03. The molecule has 2 aromatic carbocycles. The first-order valence-electron chi connectivity index (χ1n) is 7.37. The molecule has 2 aromatic rings. The Labute approximate surface area is 127 Å². The van der Waals surface area contributed by atoms with Crippen molar-refractivity contribution in [1.82, 2.24) is 0 Å². The van der Waals surface area contributed by atoms with Gasteiger partial charge in [-0.05, 0) is 37.3 Å². The maximum atomic E-state index is 6.03. The first-order chi connectivity index (χ1) is 10.2. The van der Waals surface area contributed by atoms with E-state index in [9.17, 15) is 0 Å². The molecule has 0 aliphatic rings. The summed E-state index contributed by atoms with van der Waals surface area (Å²) in [5, 5.41) is 5.79. The van der Waals surface area contributed by atoms with E-state index < -0.39 is 0 Å². The quantitative estimate of drug-likeness (QED) is 0.744. The normalized spacial score (nSPS) is 11.5. The third kappa shape index (κ3) is 3.27. The molecule has 0 fully saturated rings. The van der Waals surface area contributed by atoms with Gasteiger partial charge in [-0.3, -0.25) is 0 Å². The summed E-state index contributed by atoms with van der Waals surface area (Å²) in [6.45, 7) is 11.5. The van der Waals surface area contributed by atoms with Gasteiger partial charge in [-0.2, -0.15) is 0 Å². The average molecular weight is 281 g/mol. The summed E-state index contributed by atoms with van der Waals surface area (Å²) in [7, 11) is 0. The van der Waals surface area contributed by atoms with Gasteiger partial charge >= 0.3 is 0 Å². The summed E-state index contributed by atoms with van der Waals surface area (Å²) >= 11 is 0. The van der Waals surface area contributed by atoms with E-state index in [1.165, 1.54) is 10.9 Å². The van der Waals surface area contributed by atoms with Crippen LogP contribution >= 0.6 is 0 Å². The van der Waals surface area contributed by atoms with Crippen molar-refractivity contribution >= 4 is 16.5 Å². The highest BCUT2D eigenvalue weighted by Gasteiger charge is 2.09. The fourth-order valence-electron chi connectivity index (χ4n) is 2.40. The predicted molar refractivity (Wildman–Crippen MR) is 92.3 cm³/mol. The van der Waals surface area contributed by atoms with Gasteiger partial charge in [0.2, 0.25) is 0 Å². The van der Waals surface area contributed by atoms with E-state index in [4.69, 9.17) is 4.74 Å². The number of nitrogens with one attached hydrogen (secondary N) is 1. The van der Waals surface area contributed by atoms with E-state index in [0.29, 0.717) is 6.61 Å². The highest BCUT2D eigenvalue weighted by Crippen LogP contribution is 2.34. The summed E-state index contributed by atoms with van der Waals surface area (Å²) in [6.07, 6.45) is 3.86. The van der Waals surface area contributed by atoms with Gasteiger partial charge in [-0.1, -0.05) is 43.0 Å². The topological polar surface area (TPSA) is 21.3 Å². The van der Waals surface area contributed by atoms with E-state index >= 15 is 0 Å². The van der Waals surface area contributed by atoms with Gasteiger partial charge in [0.25, 0.3) is 0 Å². The fourth-order valence-corrected chi connectivity index (χ4v) is 2.40. The van der Waals surface area contributed by atoms with Crippen molar-refractivity contribution in [3.63, 3.8) is 0 Å². The van der Waals surface area contributed by atoms with Crippen molar-refractivity contribution in [3.05, 3.63) is 60.2 Å². The van der Waals surface area contributed by atoms with Crippen LogP contribution in [0.2, 0.25) is 0 Å². The van der Waals surface area contributed by atoms with Crippen molar-refractivity contribution in [2.75, 3.05) is 18.5 Å². The molecule has 0 heterocycles. The number of anilines is 1. The van der Waals surface area contributed by atoms with E-state index in [-0.39, 0.29) is 0 Å². The Morgan fingerprint density at radius 3 is 2.62 bits per heavy atom. The first-order valence-corrected chi connectivity index (χ1v) is 7.37. The van der Waals surface area contributed by atoms with Gasteiger partial charge in [0, 0.05) is 23.7 Å². The molecule has 0 radical (unpaired) electrons. The molecule has 0 aromatic heterocycles. The van der Waals surface area contributed by atoms with Crippen LogP contribution in [0.3, 0.4) is 0 Å². The van der Waals surface area contributed by atoms with Gasteiger partial charge in [0.15, 0.2) is 0 Å². The highest BCUT2D eigenvalue weighted by molar-refractivity contribution is 5.95. The van der Waals surface area contributed by atoms with Gasteiger partial charge in [0.1, 0.15) is 12.4 Å². The largest absolute Gasteiger partial charge is 0.488 e. The number of hydrogen-bond acceptors (Lipinski definition) is 2. The highest BCUT2D eigenvalue weighted by atomic mass is 16.5. The molecule has 0 saturated heterocycles. The molecule has 2 heteroatoms. The van der Waals surface area contributed by atoms with Gasteiger partial charge in [-0.15, -0.1) is 0 Å². The van der Waals surface area contributed by atoms with Crippen LogP contribution in [-0.4, -0.2) is 13.2 Å². The van der Waals surface area contributed by atoms with Crippen molar-refractivity contribution in [1.29, 1.82) is 0 Å². The molecule has 21 heavy (non-hydrogen) atoms. The Bertz CT molecular complexity index is 671. The Kier molecular flexibility index (Phi) is 5.04. The zero-order valence-electron chi connectivity index (χ0n) is 13.1. The SMILES string of the molecule is C=CC(=CC)COc1cc(NCC)c(C)c2ccccc12. The second kappa shape index (κ2) is 6.98. The molecular weight excluding hydrogens is 258 g/mol. The second-order valence-electron chi connectivity index (χ2n) is 4.98. The number of aryl methyl sites for hydroxylation is 1. The van der Waals surface area contributed by atoms with Crippen molar-refractivity contribution in [2.45, 2.75) is 20.8 Å². The molecule has 0 spiro atoms. The second-order valence-corrected chi connectivity index (χ2v) is 4.98. The summed E-state index contributed by atoms with van der Waals surface area (Å²) in [4.78, 5) is 0. The number of allylic oxidation sites excluding steroid dienone is 1. The molecule has 2 nitrogen and oxygen atoms in total. The van der Waals surface area contributed by atoms with Gasteiger partial charge < -0.3 is 10.1 Å². The number of rotatable bonds is 6. The smallest absolute Gasteiger partial charge is 0.129 e. The molecule has 0 bridgehead atoms. The van der Waals surface area contributed by atoms with Crippen LogP contribution in [0.25, 0.3) is 10.8 Å².